The van der Waals surface area contributed by atoms with Gasteiger partial charge in [0.25, 0.3) is 0 Å². The molecular formula is C20H17NO3. The van der Waals surface area contributed by atoms with Crippen molar-refractivity contribution in [1.29, 1.82) is 0 Å². The van der Waals surface area contributed by atoms with E-state index in [0.717, 1.165) is 23.1 Å². The number of benzene rings is 1. The molecule has 0 saturated heterocycles. The molecule has 0 fully saturated rings. The van der Waals surface area contributed by atoms with Crippen molar-refractivity contribution < 1.29 is 9.15 Å². The van der Waals surface area contributed by atoms with E-state index in [1.165, 1.54) is 0 Å². The Kier molecular flexibility index (Phi) is 3.75. The van der Waals surface area contributed by atoms with Crippen LogP contribution >= 0.6 is 0 Å². The van der Waals surface area contributed by atoms with Crippen LogP contribution in [0.3, 0.4) is 0 Å². The number of nitrogens with zero attached hydrogens (tertiary/aromatic N) is 1. The summed E-state index contributed by atoms with van der Waals surface area (Å²) in [4.78, 5) is 17.1. The predicted octanol–water partition coefficient (Wildman–Crippen LogP) is 3.97. The molecule has 3 heterocycles. The number of aryl methyl sites for hydroxylation is 1. The topological polar surface area (TPSA) is 52.3 Å². The Hall–Kier alpha value is -2.72. The number of pyridine rings is 1. The SMILES string of the molecule is Cc1ccccc1-c1nccc2c(=O)cc(C3=CCOCC3)oc12. The predicted molar refractivity (Wildman–Crippen MR) is 93.9 cm³/mol. The van der Waals surface area contributed by atoms with Gasteiger partial charge in [-0.25, -0.2) is 0 Å². The first-order valence-electron chi connectivity index (χ1n) is 8.00. The van der Waals surface area contributed by atoms with Crippen molar-refractivity contribution >= 4 is 16.5 Å². The van der Waals surface area contributed by atoms with Gasteiger partial charge < -0.3 is 9.15 Å². The second-order valence-corrected chi connectivity index (χ2v) is 5.88. The van der Waals surface area contributed by atoms with Gasteiger partial charge in [0.1, 0.15) is 11.5 Å². The first kappa shape index (κ1) is 14.8. The van der Waals surface area contributed by atoms with Gasteiger partial charge in [-0.05, 0) is 30.5 Å². The lowest BCUT2D eigenvalue weighted by atomic mass is 10.0. The van der Waals surface area contributed by atoms with Crippen LogP contribution in [0, 0.1) is 6.92 Å². The van der Waals surface area contributed by atoms with Gasteiger partial charge in [-0.1, -0.05) is 30.3 Å². The molecule has 24 heavy (non-hydrogen) atoms. The zero-order valence-corrected chi connectivity index (χ0v) is 13.4. The summed E-state index contributed by atoms with van der Waals surface area (Å²) in [6.07, 6.45) is 4.38. The lowest BCUT2D eigenvalue weighted by molar-refractivity contribution is 0.161. The normalized spacial score (nSPS) is 14.6. The fourth-order valence-electron chi connectivity index (χ4n) is 3.02. The fourth-order valence-corrected chi connectivity index (χ4v) is 3.02. The molecule has 1 aromatic carbocycles. The van der Waals surface area contributed by atoms with Gasteiger partial charge in [0.15, 0.2) is 11.0 Å². The van der Waals surface area contributed by atoms with Crippen molar-refractivity contribution in [3.8, 4) is 11.3 Å². The van der Waals surface area contributed by atoms with Crippen LogP contribution < -0.4 is 5.43 Å². The molecule has 0 bridgehead atoms. The van der Waals surface area contributed by atoms with Crippen LogP contribution in [-0.2, 0) is 4.74 Å². The summed E-state index contributed by atoms with van der Waals surface area (Å²) < 4.78 is 11.5. The molecule has 0 aliphatic carbocycles. The van der Waals surface area contributed by atoms with Crippen LogP contribution in [-0.4, -0.2) is 18.2 Å². The Morgan fingerprint density at radius 1 is 1.17 bits per heavy atom. The molecule has 4 rings (SSSR count). The third-order valence-corrected chi connectivity index (χ3v) is 4.32. The maximum atomic E-state index is 12.6. The van der Waals surface area contributed by atoms with Gasteiger partial charge in [-0.15, -0.1) is 0 Å². The highest BCUT2D eigenvalue weighted by atomic mass is 16.5. The number of rotatable bonds is 2. The summed E-state index contributed by atoms with van der Waals surface area (Å²) in [6.45, 7) is 3.22. The highest BCUT2D eigenvalue weighted by molar-refractivity contribution is 5.91. The van der Waals surface area contributed by atoms with Crippen LogP contribution in [0.4, 0.5) is 0 Å². The molecule has 0 radical (unpaired) electrons. The number of hydrogen-bond donors (Lipinski definition) is 0. The minimum absolute atomic E-state index is 0.0455. The van der Waals surface area contributed by atoms with E-state index in [2.05, 4.69) is 4.98 Å². The zero-order valence-electron chi connectivity index (χ0n) is 13.4. The van der Waals surface area contributed by atoms with Gasteiger partial charge in [0.05, 0.1) is 18.6 Å². The van der Waals surface area contributed by atoms with Gasteiger partial charge in [-0.2, -0.15) is 0 Å². The van der Waals surface area contributed by atoms with Crippen LogP contribution in [0.25, 0.3) is 27.8 Å². The Balaban J connectivity index is 1.99. The highest BCUT2D eigenvalue weighted by Gasteiger charge is 2.16. The van der Waals surface area contributed by atoms with Crippen molar-refractivity contribution in [2.75, 3.05) is 13.2 Å². The van der Waals surface area contributed by atoms with Crippen LogP contribution in [0.5, 0.6) is 0 Å². The van der Waals surface area contributed by atoms with E-state index in [9.17, 15) is 4.79 Å². The second-order valence-electron chi connectivity index (χ2n) is 5.88. The molecule has 4 nitrogen and oxygen atoms in total. The smallest absolute Gasteiger partial charge is 0.193 e. The lowest BCUT2D eigenvalue weighted by Crippen LogP contribution is -2.08. The average molecular weight is 319 g/mol. The third-order valence-electron chi connectivity index (χ3n) is 4.32. The van der Waals surface area contributed by atoms with E-state index >= 15 is 0 Å². The third kappa shape index (κ3) is 2.55. The van der Waals surface area contributed by atoms with Crippen molar-refractivity contribution in [3.05, 3.63) is 70.2 Å². The number of hydrogen-bond acceptors (Lipinski definition) is 4. The fraction of sp³-hybridized carbons (Fsp3) is 0.200. The minimum Gasteiger partial charge on any atom is -0.454 e. The maximum Gasteiger partial charge on any atom is 0.193 e. The molecule has 0 saturated carbocycles. The molecule has 1 aliphatic rings. The Morgan fingerprint density at radius 2 is 2.04 bits per heavy atom. The molecule has 3 aromatic rings. The Labute approximate surface area is 139 Å². The molecule has 1 aliphatic heterocycles. The van der Waals surface area contributed by atoms with E-state index in [0.29, 0.717) is 35.6 Å². The summed E-state index contributed by atoms with van der Waals surface area (Å²) >= 11 is 0. The zero-order chi connectivity index (χ0) is 16.5. The van der Waals surface area contributed by atoms with Crippen LogP contribution in [0.1, 0.15) is 17.7 Å². The van der Waals surface area contributed by atoms with Gasteiger partial charge in [0, 0.05) is 17.8 Å². The molecule has 0 N–H and O–H groups in total. The first-order chi connectivity index (χ1) is 11.7. The second kappa shape index (κ2) is 6.06. The van der Waals surface area contributed by atoms with Gasteiger partial charge in [-0.3, -0.25) is 9.78 Å². The highest BCUT2D eigenvalue weighted by Crippen LogP contribution is 2.30. The molecular weight excluding hydrogens is 302 g/mol. The number of ether oxygens (including phenoxy) is 1. The van der Waals surface area contributed by atoms with Crippen LogP contribution in [0.15, 0.2) is 57.9 Å². The molecule has 0 atom stereocenters. The van der Waals surface area contributed by atoms with E-state index in [1.807, 2.05) is 37.3 Å². The van der Waals surface area contributed by atoms with E-state index in [1.54, 1.807) is 18.3 Å². The summed E-state index contributed by atoms with van der Waals surface area (Å²) in [5.41, 5.74) is 4.29. The summed E-state index contributed by atoms with van der Waals surface area (Å²) in [6, 6.07) is 11.3. The van der Waals surface area contributed by atoms with Gasteiger partial charge >= 0.3 is 0 Å². The average Bonchev–Trinajstić information content (AvgIpc) is 2.63. The molecule has 120 valence electrons. The lowest BCUT2D eigenvalue weighted by Gasteiger charge is -2.14. The first-order valence-corrected chi connectivity index (χ1v) is 8.00. The largest absolute Gasteiger partial charge is 0.454 e. The number of fused-ring (bicyclic) bond motifs is 1. The van der Waals surface area contributed by atoms with E-state index in [4.69, 9.17) is 9.15 Å². The molecule has 2 aromatic heterocycles. The quantitative estimate of drug-likeness (QED) is 0.717. The van der Waals surface area contributed by atoms with Crippen molar-refractivity contribution in [2.24, 2.45) is 0 Å². The maximum absolute atomic E-state index is 12.6. The van der Waals surface area contributed by atoms with Crippen molar-refractivity contribution in [3.63, 3.8) is 0 Å². The Morgan fingerprint density at radius 3 is 2.83 bits per heavy atom. The van der Waals surface area contributed by atoms with E-state index < -0.39 is 0 Å². The minimum atomic E-state index is -0.0455. The molecule has 4 heteroatoms. The summed E-state index contributed by atoms with van der Waals surface area (Å²) in [5, 5.41) is 0.555. The number of aromatic nitrogens is 1. The van der Waals surface area contributed by atoms with Crippen molar-refractivity contribution in [1.82, 2.24) is 4.98 Å². The Bertz CT molecular complexity index is 1000. The van der Waals surface area contributed by atoms with Crippen LogP contribution in [0.2, 0.25) is 0 Å². The summed E-state index contributed by atoms with van der Waals surface area (Å²) in [7, 11) is 0. The monoisotopic (exact) mass is 319 g/mol. The molecule has 0 amide bonds. The molecule has 0 unspecified atom stereocenters. The molecule has 0 spiro atoms. The standard InChI is InChI=1S/C20H17NO3/c1-13-4-2-3-5-15(13)19-20-16(6-9-21-19)17(22)12-18(24-20)14-7-10-23-11-8-14/h2-7,9,12H,8,10-11H2,1H3. The summed E-state index contributed by atoms with van der Waals surface area (Å²) in [5.74, 6) is 0.610. The van der Waals surface area contributed by atoms with Crippen molar-refractivity contribution in [2.45, 2.75) is 13.3 Å². The van der Waals surface area contributed by atoms with E-state index in [-0.39, 0.29) is 5.43 Å². The van der Waals surface area contributed by atoms with Gasteiger partial charge in [0.2, 0.25) is 0 Å².